The molecule has 0 atom stereocenters. The van der Waals surface area contributed by atoms with Crippen molar-refractivity contribution in [2.75, 3.05) is 0 Å². The van der Waals surface area contributed by atoms with Crippen LogP contribution in [0.4, 0.5) is 4.39 Å². The van der Waals surface area contributed by atoms with Crippen molar-refractivity contribution in [1.82, 2.24) is 14.2 Å². The molecule has 0 fully saturated rings. The van der Waals surface area contributed by atoms with Crippen LogP contribution < -0.4 is 5.56 Å². The number of para-hydroxylation sites is 1. The van der Waals surface area contributed by atoms with Gasteiger partial charge in [-0.05, 0) is 42.0 Å². The Bertz CT molecular complexity index is 1660. The highest BCUT2D eigenvalue weighted by Gasteiger charge is 2.23. The summed E-state index contributed by atoms with van der Waals surface area (Å²) in [6.45, 7) is 6.55. The van der Waals surface area contributed by atoms with E-state index in [1.165, 1.54) is 16.8 Å². The molecule has 0 aliphatic carbocycles. The molecular formula is C28H24BrFN4O. The molecule has 0 amide bonds. The summed E-state index contributed by atoms with van der Waals surface area (Å²) in [6.07, 6.45) is 3.68. The van der Waals surface area contributed by atoms with Crippen LogP contribution >= 0.6 is 15.9 Å². The summed E-state index contributed by atoms with van der Waals surface area (Å²) < 4.78 is 18.0. The maximum atomic E-state index is 13.7. The van der Waals surface area contributed by atoms with Crippen molar-refractivity contribution in [3.05, 3.63) is 111 Å². The topological polar surface area (TPSA) is 52.2 Å². The largest absolute Gasteiger partial charge is 0.342 e. The second kappa shape index (κ2) is 8.89. The number of benzene rings is 3. The van der Waals surface area contributed by atoms with Crippen LogP contribution in [-0.2, 0) is 12.0 Å². The number of hydrogen-bond acceptors (Lipinski definition) is 3. The van der Waals surface area contributed by atoms with Crippen LogP contribution in [0.5, 0.6) is 0 Å². The first kappa shape index (κ1) is 23.2. The summed E-state index contributed by atoms with van der Waals surface area (Å²) in [5.41, 5.74) is 2.75. The van der Waals surface area contributed by atoms with E-state index in [0.717, 1.165) is 26.5 Å². The zero-order valence-corrected chi connectivity index (χ0v) is 21.3. The normalized spacial score (nSPS) is 12.3. The molecule has 5 aromatic rings. The van der Waals surface area contributed by atoms with Crippen molar-refractivity contribution in [3.63, 3.8) is 0 Å². The highest BCUT2D eigenvalue weighted by Crippen LogP contribution is 2.24. The summed E-state index contributed by atoms with van der Waals surface area (Å²) in [7, 11) is 0. The fourth-order valence-corrected chi connectivity index (χ4v) is 4.56. The average molecular weight is 531 g/mol. The first-order chi connectivity index (χ1) is 16.7. The van der Waals surface area contributed by atoms with Crippen molar-refractivity contribution in [2.45, 2.75) is 32.7 Å². The first-order valence-corrected chi connectivity index (χ1v) is 12.1. The Morgan fingerprint density at radius 3 is 2.60 bits per heavy atom. The Morgan fingerprint density at radius 2 is 1.83 bits per heavy atom. The Hall–Kier alpha value is -3.58. The van der Waals surface area contributed by atoms with Crippen LogP contribution in [0.3, 0.4) is 0 Å². The molecule has 0 unspecified atom stereocenters. The molecule has 2 aromatic heterocycles. The maximum Gasteiger partial charge on any atom is 0.282 e. The van der Waals surface area contributed by atoms with E-state index < -0.39 is 5.41 Å². The maximum absolute atomic E-state index is 13.7. The quantitative estimate of drug-likeness (QED) is 0.249. The molecule has 0 bridgehead atoms. The van der Waals surface area contributed by atoms with Gasteiger partial charge in [-0.2, -0.15) is 9.78 Å². The van der Waals surface area contributed by atoms with Gasteiger partial charge in [0.25, 0.3) is 5.56 Å². The third-order valence-corrected chi connectivity index (χ3v) is 6.35. The SMILES string of the molecule is CC(C)(C)c1nc2ccc(Br)cc2c(=O)n1N=Cc1cn(Cc2cccc(F)c2)c2ccccc12. The molecule has 5 rings (SSSR count). The smallest absolute Gasteiger partial charge is 0.282 e. The molecule has 176 valence electrons. The van der Waals surface area contributed by atoms with E-state index in [-0.39, 0.29) is 11.4 Å². The molecule has 0 saturated carbocycles. The van der Waals surface area contributed by atoms with Crippen molar-refractivity contribution in [2.24, 2.45) is 5.10 Å². The zero-order valence-electron chi connectivity index (χ0n) is 19.7. The molecule has 0 N–H and O–H groups in total. The number of rotatable bonds is 4. The minimum atomic E-state index is -0.400. The Kier molecular flexibility index (Phi) is 5.89. The fourth-order valence-electron chi connectivity index (χ4n) is 4.20. The van der Waals surface area contributed by atoms with E-state index in [2.05, 4.69) is 25.6 Å². The second-order valence-electron chi connectivity index (χ2n) is 9.57. The number of nitrogens with zero attached hydrogens (tertiary/aromatic N) is 4. The molecular weight excluding hydrogens is 507 g/mol. The summed E-state index contributed by atoms with van der Waals surface area (Å²) in [4.78, 5) is 18.2. The van der Waals surface area contributed by atoms with Gasteiger partial charge in [-0.3, -0.25) is 4.79 Å². The van der Waals surface area contributed by atoms with Crippen LogP contribution in [-0.4, -0.2) is 20.4 Å². The monoisotopic (exact) mass is 530 g/mol. The summed E-state index contributed by atoms with van der Waals surface area (Å²) in [5, 5.41) is 6.13. The lowest BCUT2D eigenvalue weighted by Gasteiger charge is -2.20. The second-order valence-corrected chi connectivity index (χ2v) is 10.5. The standard InChI is InChI=1S/C28H24BrFN4O/c1-28(2,3)27-32-24-12-11-20(29)14-23(24)26(35)34(27)31-15-19-17-33(25-10-5-4-9-22(19)25)16-18-7-6-8-21(30)13-18/h4-15,17H,16H2,1-3H3. The van der Waals surface area contributed by atoms with Crippen molar-refractivity contribution in [3.8, 4) is 0 Å². The van der Waals surface area contributed by atoms with Gasteiger partial charge < -0.3 is 4.57 Å². The predicted molar refractivity (Wildman–Crippen MR) is 143 cm³/mol. The molecule has 0 aliphatic rings. The molecule has 0 radical (unpaired) electrons. The third-order valence-electron chi connectivity index (χ3n) is 5.85. The van der Waals surface area contributed by atoms with E-state index in [0.29, 0.717) is 23.3 Å². The van der Waals surface area contributed by atoms with Gasteiger partial charge in [0.1, 0.15) is 11.6 Å². The summed E-state index contributed by atoms with van der Waals surface area (Å²) in [5.74, 6) is 0.322. The van der Waals surface area contributed by atoms with E-state index in [4.69, 9.17) is 4.98 Å². The van der Waals surface area contributed by atoms with Gasteiger partial charge in [0.05, 0.1) is 17.1 Å². The number of fused-ring (bicyclic) bond motifs is 2. The van der Waals surface area contributed by atoms with Gasteiger partial charge in [0.15, 0.2) is 0 Å². The Labute approximate surface area is 210 Å². The lowest BCUT2D eigenvalue weighted by Crippen LogP contribution is -2.29. The predicted octanol–water partition coefficient (Wildman–Crippen LogP) is 6.48. The van der Waals surface area contributed by atoms with Gasteiger partial charge in [0, 0.05) is 39.1 Å². The minimum absolute atomic E-state index is 0.221. The molecule has 35 heavy (non-hydrogen) atoms. The van der Waals surface area contributed by atoms with E-state index in [1.807, 2.05) is 69.4 Å². The first-order valence-electron chi connectivity index (χ1n) is 11.3. The van der Waals surface area contributed by atoms with Crippen molar-refractivity contribution in [1.29, 1.82) is 0 Å². The fraction of sp³-hybridized carbons (Fsp3) is 0.179. The number of hydrogen-bond donors (Lipinski definition) is 0. The van der Waals surface area contributed by atoms with Gasteiger partial charge in [-0.1, -0.05) is 67.0 Å². The van der Waals surface area contributed by atoms with Crippen molar-refractivity contribution < 1.29 is 4.39 Å². The van der Waals surface area contributed by atoms with Gasteiger partial charge in [-0.15, -0.1) is 0 Å². The average Bonchev–Trinajstić information content (AvgIpc) is 3.15. The third kappa shape index (κ3) is 4.56. The molecule has 0 saturated heterocycles. The lowest BCUT2D eigenvalue weighted by molar-refractivity contribution is 0.506. The Morgan fingerprint density at radius 1 is 1.03 bits per heavy atom. The highest BCUT2D eigenvalue weighted by atomic mass is 79.9. The lowest BCUT2D eigenvalue weighted by atomic mass is 9.95. The van der Waals surface area contributed by atoms with Gasteiger partial charge in [-0.25, -0.2) is 9.37 Å². The molecule has 7 heteroatoms. The van der Waals surface area contributed by atoms with Crippen LogP contribution in [0, 0.1) is 5.82 Å². The molecule has 3 aromatic carbocycles. The Balaban J connectivity index is 1.64. The molecule has 0 aliphatic heterocycles. The van der Waals surface area contributed by atoms with Gasteiger partial charge in [0.2, 0.25) is 0 Å². The number of aromatic nitrogens is 3. The summed E-state index contributed by atoms with van der Waals surface area (Å²) in [6, 6.07) is 20.1. The van der Waals surface area contributed by atoms with Crippen LogP contribution in [0.25, 0.3) is 21.8 Å². The van der Waals surface area contributed by atoms with E-state index in [1.54, 1.807) is 18.3 Å². The summed E-state index contributed by atoms with van der Waals surface area (Å²) >= 11 is 3.45. The molecule has 0 spiro atoms. The number of halogens is 2. The van der Waals surface area contributed by atoms with E-state index >= 15 is 0 Å². The highest BCUT2D eigenvalue weighted by molar-refractivity contribution is 9.10. The van der Waals surface area contributed by atoms with Crippen molar-refractivity contribution >= 4 is 44.0 Å². The van der Waals surface area contributed by atoms with Crippen LogP contribution in [0.15, 0.2) is 87.3 Å². The van der Waals surface area contributed by atoms with Crippen LogP contribution in [0.2, 0.25) is 0 Å². The minimum Gasteiger partial charge on any atom is -0.342 e. The van der Waals surface area contributed by atoms with Gasteiger partial charge >= 0.3 is 0 Å². The molecule has 5 nitrogen and oxygen atoms in total. The van der Waals surface area contributed by atoms with E-state index in [9.17, 15) is 9.18 Å². The zero-order chi connectivity index (χ0) is 24.7. The molecule has 2 heterocycles. The van der Waals surface area contributed by atoms with Crippen LogP contribution in [0.1, 0.15) is 37.7 Å².